The van der Waals surface area contributed by atoms with Gasteiger partial charge in [-0.1, -0.05) is 36.4 Å². The minimum atomic E-state index is -0.597. The fourth-order valence-corrected chi connectivity index (χ4v) is 4.03. The molecular weight excluding hydrogens is 358 g/mol. The summed E-state index contributed by atoms with van der Waals surface area (Å²) in [6.07, 6.45) is 3.04. The normalized spacial score (nSPS) is 15.9. The number of hydrogen-bond acceptors (Lipinski definition) is 5. The Hall–Kier alpha value is -3.32. The summed E-state index contributed by atoms with van der Waals surface area (Å²) in [7, 11) is 0. The number of aryl methyl sites for hydroxylation is 1. The molecule has 3 aromatic carbocycles. The summed E-state index contributed by atoms with van der Waals surface area (Å²) in [4.78, 5) is 21.0. The summed E-state index contributed by atoms with van der Waals surface area (Å²) in [6.45, 7) is 0.329. The van der Waals surface area contributed by atoms with Crippen molar-refractivity contribution in [1.82, 2.24) is 5.32 Å². The molecule has 0 fully saturated rings. The lowest BCUT2D eigenvalue weighted by Gasteiger charge is -2.28. The molecule has 1 aliphatic rings. The molecule has 1 aliphatic carbocycles. The van der Waals surface area contributed by atoms with Crippen molar-refractivity contribution in [2.24, 2.45) is 0 Å². The Balaban J connectivity index is 1.65. The molecule has 28 heavy (non-hydrogen) atoms. The lowest BCUT2D eigenvalue weighted by molar-refractivity contribution is -0.394. The van der Waals surface area contributed by atoms with Crippen LogP contribution in [0.3, 0.4) is 0 Å². The van der Waals surface area contributed by atoms with Gasteiger partial charge in [-0.25, -0.2) is 0 Å². The Morgan fingerprint density at radius 1 is 0.964 bits per heavy atom. The maximum absolute atomic E-state index is 11.1. The first kappa shape index (κ1) is 18.1. The minimum absolute atomic E-state index is 0.105. The van der Waals surface area contributed by atoms with Crippen LogP contribution < -0.4 is 5.32 Å². The Labute approximate surface area is 161 Å². The van der Waals surface area contributed by atoms with Crippen LogP contribution in [0.1, 0.15) is 35.6 Å². The van der Waals surface area contributed by atoms with E-state index < -0.39 is 9.85 Å². The molecule has 0 spiro atoms. The fourth-order valence-electron chi connectivity index (χ4n) is 4.03. The molecule has 7 nitrogen and oxygen atoms in total. The average molecular weight is 377 g/mol. The third-order valence-electron chi connectivity index (χ3n) is 5.28. The van der Waals surface area contributed by atoms with Crippen LogP contribution in [-0.2, 0) is 13.0 Å². The van der Waals surface area contributed by atoms with Crippen LogP contribution in [-0.4, -0.2) is 9.85 Å². The second-order valence-electron chi connectivity index (χ2n) is 7.06. The van der Waals surface area contributed by atoms with Gasteiger partial charge in [0.05, 0.1) is 15.9 Å². The number of nitro benzene ring substituents is 2. The van der Waals surface area contributed by atoms with Crippen molar-refractivity contribution in [2.45, 2.75) is 31.8 Å². The van der Waals surface area contributed by atoms with E-state index in [0.717, 1.165) is 25.3 Å². The molecule has 0 radical (unpaired) electrons. The fraction of sp³-hybridized carbons (Fsp3) is 0.238. The zero-order valence-electron chi connectivity index (χ0n) is 15.1. The van der Waals surface area contributed by atoms with E-state index in [1.165, 1.54) is 34.0 Å². The molecule has 0 aliphatic heterocycles. The highest BCUT2D eigenvalue weighted by Crippen LogP contribution is 2.36. The zero-order valence-corrected chi connectivity index (χ0v) is 15.1. The van der Waals surface area contributed by atoms with Gasteiger partial charge in [0.25, 0.3) is 11.4 Å². The van der Waals surface area contributed by atoms with Gasteiger partial charge in [-0.2, -0.15) is 0 Å². The van der Waals surface area contributed by atoms with Gasteiger partial charge < -0.3 is 5.32 Å². The third kappa shape index (κ3) is 3.44. The van der Waals surface area contributed by atoms with Crippen molar-refractivity contribution < 1.29 is 9.85 Å². The third-order valence-corrected chi connectivity index (χ3v) is 5.28. The quantitative estimate of drug-likeness (QED) is 0.507. The molecule has 1 unspecified atom stereocenters. The van der Waals surface area contributed by atoms with Crippen molar-refractivity contribution in [1.29, 1.82) is 0 Å². The van der Waals surface area contributed by atoms with E-state index in [1.54, 1.807) is 0 Å². The minimum Gasteiger partial charge on any atom is -0.306 e. The summed E-state index contributed by atoms with van der Waals surface area (Å²) in [5, 5.41) is 28.1. The Morgan fingerprint density at radius 3 is 2.39 bits per heavy atom. The molecule has 0 bridgehead atoms. The molecule has 3 aromatic rings. The number of nitrogens with one attached hydrogen (secondary N) is 1. The van der Waals surface area contributed by atoms with E-state index >= 15 is 0 Å². The van der Waals surface area contributed by atoms with Gasteiger partial charge >= 0.3 is 0 Å². The Morgan fingerprint density at radius 2 is 1.68 bits per heavy atom. The number of benzene rings is 3. The molecule has 0 aromatic heterocycles. The second kappa shape index (κ2) is 7.36. The molecule has 4 rings (SSSR count). The monoisotopic (exact) mass is 377 g/mol. The molecular formula is C21H19N3O4. The Bertz CT molecular complexity index is 1050. The van der Waals surface area contributed by atoms with Crippen molar-refractivity contribution in [3.8, 4) is 0 Å². The smallest absolute Gasteiger partial charge is 0.276 e. The van der Waals surface area contributed by atoms with Crippen LogP contribution in [0.15, 0.2) is 54.6 Å². The van der Waals surface area contributed by atoms with Crippen LogP contribution in [0.2, 0.25) is 0 Å². The SMILES string of the molecule is O=[N+]([O-])c1cc(CNC2CCCc3ccc4ccccc4c32)cc([N+](=O)[O-])c1. The highest BCUT2D eigenvalue weighted by Gasteiger charge is 2.23. The largest absolute Gasteiger partial charge is 0.306 e. The number of nitrogens with zero attached hydrogens (tertiary/aromatic N) is 2. The van der Waals surface area contributed by atoms with Crippen LogP contribution in [0.5, 0.6) is 0 Å². The number of rotatable bonds is 5. The van der Waals surface area contributed by atoms with Gasteiger partial charge in [0.15, 0.2) is 0 Å². The van der Waals surface area contributed by atoms with Gasteiger partial charge in [-0.05, 0) is 46.7 Å². The number of hydrogen-bond donors (Lipinski definition) is 1. The van der Waals surface area contributed by atoms with Crippen LogP contribution in [0.4, 0.5) is 11.4 Å². The van der Waals surface area contributed by atoms with Gasteiger partial charge in [-0.3, -0.25) is 20.2 Å². The molecule has 0 saturated carbocycles. The number of non-ortho nitro benzene ring substituents is 2. The zero-order chi connectivity index (χ0) is 19.7. The van der Waals surface area contributed by atoms with E-state index in [0.29, 0.717) is 12.1 Å². The van der Waals surface area contributed by atoms with E-state index in [1.807, 2.05) is 12.1 Å². The first-order valence-corrected chi connectivity index (χ1v) is 9.19. The standard InChI is InChI=1S/C21H19N3O4/c25-23(26)17-10-14(11-18(12-17)24(27)28)13-22-20-7-3-5-16-9-8-15-4-1-2-6-19(15)21(16)20/h1-2,4,6,8-12,20,22H,3,5,7,13H2. The highest BCUT2D eigenvalue weighted by molar-refractivity contribution is 5.87. The molecule has 0 heterocycles. The van der Waals surface area contributed by atoms with Crippen molar-refractivity contribution in [3.63, 3.8) is 0 Å². The summed E-state index contributed by atoms with van der Waals surface area (Å²) in [6, 6.07) is 16.4. The van der Waals surface area contributed by atoms with Crippen molar-refractivity contribution >= 4 is 22.1 Å². The van der Waals surface area contributed by atoms with Crippen LogP contribution in [0, 0.1) is 20.2 Å². The highest BCUT2D eigenvalue weighted by atomic mass is 16.6. The van der Waals surface area contributed by atoms with Crippen molar-refractivity contribution in [3.05, 3.63) is 91.5 Å². The van der Waals surface area contributed by atoms with Crippen LogP contribution in [0.25, 0.3) is 10.8 Å². The molecule has 142 valence electrons. The van der Waals surface area contributed by atoms with E-state index in [-0.39, 0.29) is 17.4 Å². The van der Waals surface area contributed by atoms with E-state index in [9.17, 15) is 20.2 Å². The van der Waals surface area contributed by atoms with Crippen molar-refractivity contribution in [2.75, 3.05) is 0 Å². The summed E-state index contributed by atoms with van der Waals surface area (Å²) < 4.78 is 0. The molecule has 1 atom stereocenters. The van der Waals surface area contributed by atoms with Gasteiger partial charge in [0.2, 0.25) is 0 Å². The summed E-state index contributed by atoms with van der Waals surface area (Å²) in [5.41, 5.74) is 2.59. The number of fused-ring (bicyclic) bond motifs is 3. The predicted octanol–water partition coefficient (Wildman–Crippen LogP) is 4.82. The first-order valence-electron chi connectivity index (χ1n) is 9.19. The predicted molar refractivity (Wildman–Crippen MR) is 106 cm³/mol. The van der Waals surface area contributed by atoms with Gasteiger partial charge in [0, 0.05) is 24.7 Å². The van der Waals surface area contributed by atoms with E-state index in [4.69, 9.17) is 0 Å². The maximum Gasteiger partial charge on any atom is 0.276 e. The average Bonchev–Trinajstić information content (AvgIpc) is 2.71. The van der Waals surface area contributed by atoms with E-state index in [2.05, 4.69) is 29.6 Å². The maximum atomic E-state index is 11.1. The van der Waals surface area contributed by atoms with Gasteiger partial charge in [-0.15, -0.1) is 0 Å². The molecule has 0 amide bonds. The lowest BCUT2D eigenvalue weighted by Crippen LogP contribution is -2.25. The lowest BCUT2D eigenvalue weighted by atomic mass is 9.84. The van der Waals surface area contributed by atoms with Crippen LogP contribution >= 0.6 is 0 Å². The van der Waals surface area contributed by atoms with Gasteiger partial charge in [0.1, 0.15) is 0 Å². The number of nitro groups is 2. The molecule has 1 N–H and O–H groups in total. The second-order valence-corrected chi connectivity index (χ2v) is 7.06. The molecule has 7 heteroatoms. The summed E-state index contributed by atoms with van der Waals surface area (Å²) in [5.74, 6) is 0. The molecule has 0 saturated heterocycles. The Kier molecular flexibility index (Phi) is 4.75. The summed E-state index contributed by atoms with van der Waals surface area (Å²) >= 11 is 0. The topological polar surface area (TPSA) is 98.3 Å². The first-order chi connectivity index (χ1) is 13.5.